The minimum absolute atomic E-state index is 0.0507. The molecule has 1 aromatic heterocycles. The number of ketones is 1. The van der Waals surface area contributed by atoms with Gasteiger partial charge in [-0.15, -0.1) is 11.3 Å². The summed E-state index contributed by atoms with van der Waals surface area (Å²) < 4.78 is 5.61. The van der Waals surface area contributed by atoms with Gasteiger partial charge >= 0.3 is 5.97 Å². The molecule has 1 aromatic carbocycles. The molecule has 0 aliphatic carbocycles. The average Bonchev–Trinajstić information content (AvgIpc) is 3.28. The first-order valence-corrected chi connectivity index (χ1v) is 9.39. The quantitative estimate of drug-likeness (QED) is 0.640. The minimum atomic E-state index is -0.610. The van der Waals surface area contributed by atoms with Crippen LogP contribution in [0.3, 0.4) is 0 Å². The topological polar surface area (TPSA) is 75.7 Å². The number of nitrogens with zero attached hydrogens (tertiary/aromatic N) is 1. The first-order valence-electron chi connectivity index (χ1n) is 8.20. The molecular formula is C18H15ClN2O4S. The van der Waals surface area contributed by atoms with Crippen molar-refractivity contribution in [3.05, 3.63) is 45.1 Å². The Morgan fingerprint density at radius 1 is 1.31 bits per heavy atom. The molecular weight excluding hydrogens is 376 g/mol. The van der Waals surface area contributed by atoms with Crippen LogP contribution >= 0.6 is 22.9 Å². The third-order valence-corrected chi connectivity index (χ3v) is 5.81. The predicted octanol–water partition coefficient (Wildman–Crippen LogP) is 3.36. The van der Waals surface area contributed by atoms with E-state index in [0.29, 0.717) is 20.5 Å². The van der Waals surface area contributed by atoms with Crippen LogP contribution in [0.5, 0.6) is 0 Å². The van der Waals surface area contributed by atoms with E-state index in [1.165, 1.54) is 0 Å². The standard InChI is InChI=1S/C18H15ClN2O4S/c19-16-6-5-15(26-16)14(22)9-25-18(24)10-3-4-12-11(8-10)20-17(23)13-2-1-7-21(12)13/h3-6,8,13H,1-2,7,9H2,(H,20,23)/t13-/m0/s1. The lowest BCUT2D eigenvalue weighted by molar-refractivity contribution is -0.117. The summed E-state index contributed by atoms with van der Waals surface area (Å²) in [6.45, 7) is 0.472. The monoisotopic (exact) mass is 390 g/mol. The molecule has 1 atom stereocenters. The fourth-order valence-corrected chi connectivity index (χ4v) is 4.27. The number of hydrogen-bond donors (Lipinski definition) is 1. The fraction of sp³-hybridized carbons (Fsp3) is 0.278. The van der Waals surface area contributed by atoms with Crippen LogP contribution in [0.2, 0.25) is 4.34 Å². The van der Waals surface area contributed by atoms with Crippen molar-refractivity contribution in [3.63, 3.8) is 0 Å². The molecule has 1 N–H and O–H groups in total. The summed E-state index contributed by atoms with van der Waals surface area (Å²) in [7, 11) is 0. The number of thiophene rings is 1. The van der Waals surface area contributed by atoms with Gasteiger partial charge in [-0.3, -0.25) is 9.59 Å². The number of esters is 1. The molecule has 3 heterocycles. The number of fused-ring (bicyclic) bond motifs is 3. The fourth-order valence-electron chi connectivity index (χ4n) is 3.31. The van der Waals surface area contributed by atoms with Crippen LogP contribution in [0.25, 0.3) is 0 Å². The molecule has 0 spiro atoms. The van der Waals surface area contributed by atoms with Gasteiger partial charge in [-0.05, 0) is 43.2 Å². The molecule has 1 amide bonds. The van der Waals surface area contributed by atoms with Gasteiger partial charge in [-0.25, -0.2) is 4.79 Å². The van der Waals surface area contributed by atoms with Gasteiger partial charge < -0.3 is 15.0 Å². The third kappa shape index (κ3) is 3.08. The second-order valence-corrected chi connectivity index (χ2v) is 7.89. The van der Waals surface area contributed by atoms with Gasteiger partial charge in [0.1, 0.15) is 6.04 Å². The maximum Gasteiger partial charge on any atom is 0.338 e. The average molecular weight is 391 g/mol. The molecule has 1 saturated heterocycles. The molecule has 8 heteroatoms. The summed E-state index contributed by atoms with van der Waals surface area (Å²) in [4.78, 5) is 38.9. The largest absolute Gasteiger partial charge is 0.454 e. The van der Waals surface area contributed by atoms with Crippen molar-refractivity contribution in [2.45, 2.75) is 18.9 Å². The highest BCUT2D eigenvalue weighted by Crippen LogP contribution is 2.37. The lowest BCUT2D eigenvalue weighted by Gasteiger charge is -2.33. The Kier molecular flexibility index (Phi) is 4.42. The van der Waals surface area contributed by atoms with Crippen LogP contribution < -0.4 is 10.2 Å². The van der Waals surface area contributed by atoms with Crippen molar-refractivity contribution in [1.29, 1.82) is 0 Å². The molecule has 0 bridgehead atoms. The van der Waals surface area contributed by atoms with Gasteiger partial charge in [0.2, 0.25) is 11.7 Å². The highest BCUT2D eigenvalue weighted by atomic mass is 35.5. The van der Waals surface area contributed by atoms with E-state index in [1.54, 1.807) is 24.3 Å². The van der Waals surface area contributed by atoms with E-state index in [4.69, 9.17) is 16.3 Å². The number of benzene rings is 1. The highest BCUT2D eigenvalue weighted by molar-refractivity contribution is 7.18. The lowest BCUT2D eigenvalue weighted by atomic mass is 10.1. The van der Waals surface area contributed by atoms with Crippen LogP contribution in [-0.4, -0.2) is 36.9 Å². The van der Waals surface area contributed by atoms with E-state index >= 15 is 0 Å². The molecule has 6 nitrogen and oxygen atoms in total. The smallest absolute Gasteiger partial charge is 0.338 e. The highest BCUT2D eigenvalue weighted by Gasteiger charge is 2.36. The van der Waals surface area contributed by atoms with E-state index in [9.17, 15) is 14.4 Å². The summed E-state index contributed by atoms with van der Waals surface area (Å²) in [5.74, 6) is -0.965. The second kappa shape index (κ2) is 6.74. The third-order valence-electron chi connectivity index (χ3n) is 4.54. The molecule has 0 radical (unpaired) electrons. The molecule has 2 aliphatic rings. The minimum Gasteiger partial charge on any atom is -0.454 e. The van der Waals surface area contributed by atoms with Gasteiger partial charge in [0.05, 0.1) is 26.2 Å². The zero-order valence-electron chi connectivity index (χ0n) is 13.7. The molecule has 2 aromatic rings. The van der Waals surface area contributed by atoms with Crippen LogP contribution in [0.1, 0.15) is 32.9 Å². The van der Waals surface area contributed by atoms with Gasteiger partial charge in [0, 0.05) is 6.54 Å². The van der Waals surface area contributed by atoms with Crippen LogP contribution in [0.15, 0.2) is 30.3 Å². The van der Waals surface area contributed by atoms with Crippen molar-refractivity contribution >= 4 is 52.0 Å². The van der Waals surface area contributed by atoms with E-state index in [0.717, 1.165) is 36.4 Å². The van der Waals surface area contributed by atoms with Crippen LogP contribution in [0.4, 0.5) is 11.4 Å². The van der Waals surface area contributed by atoms with Gasteiger partial charge in [0.15, 0.2) is 6.61 Å². The molecule has 0 saturated carbocycles. The molecule has 4 rings (SSSR count). The number of nitrogens with one attached hydrogen (secondary N) is 1. The van der Waals surface area contributed by atoms with Crippen LogP contribution in [-0.2, 0) is 9.53 Å². The Bertz CT molecular complexity index is 910. The Morgan fingerprint density at radius 2 is 2.15 bits per heavy atom. The van der Waals surface area contributed by atoms with E-state index in [-0.39, 0.29) is 24.3 Å². The maximum atomic E-state index is 12.3. The Labute approximate surface area is 158 Å². The Morgan fingerprint density at radius 3 is 2.92 bits per heavy atom. The van der Waals surface area contributed by atoms with Crippen molar-refractivity contribution in [2.75, 3.05) is 23.4 Å². The molecule has 0 unspecified atom stereocenters. The van der Waals surface area contributed by atoms with Gasteiger partial charge in [-0.1, -0.05) is 11.6 Å². The normalized spacial score (nSPS) is 18.1. The number of carbonyl (C=O) groups is 3. The molecule has 2 aliphatic heterocycles. The predicted molar refractivity (Wildman–Crippen MR) is 99.4 cm³/mol. The van der Waals surface area contributed by atoms with Crippen molar-refractivity contribution in [2.24, 2.45) is 0 Å². The molecule has 1 fully saturated rings. The van der Waals surface area contributed by atoms with Crippen LogP contribution in [0, 0.1) is 0 Å². The Balaban J connectivity index is 1.46. The number of anilines is 2. The lowest BCUT2D eigenvalue weighted by Crippen LogP contribution is -2.43. The number of amides is 1. The number of hydrogen-bond acceptors (Lipinski definition) is 6. The summed E-state index contributed by atoms with van der Waals surface area (Å²) in [6, 6.07) is 8.15. The molecule has 26 heavy (non-hydrogen) atoms. The van der Waals surface area contributed by atoms with Gasteiger partial charge in [-0.2, -0.15) is 0 Å². The van der Waals surface area contributed by atoms with E-state index in [1.807, 2.05) is 6.07 Å². The number of ether oxygens (including phenoxy) is 1. The summed E-state index contributed by atoms with van der Waals surface area (Å²) in [5.41, 5.74) is 1.80. The Hall–Kier alpha value is -2.38. The second-order valence-electron chi connectivity index (χ2n) is 6.18. The number of carbonyl (C=O) groups excluding carboxylic acids is 3. The maximum absolute atomic E-state index is 12.3. The zero-order valence-corrected chi connectivity index (χ0v) is 15.2. The van der Waals surface area contributed by atoms with Crippen molar-refractivity contribution in [3.8, 4) is 0 Å². The number of halogens is 1. The SMILES string of the molecule is O=C(OCC(=O)c1ccc(Cl)s1)c1ccc2c(c1)NC(=O)[C@@H]1CCCN21. The zero-order chi connectivity index (χ0) is 18.3. The number of Topliss-reactive ketones (excluding diaryl/α,β-unsaturated/α-hetero) is 1. The number of rotatable bonds is 4. The van der Waals surface area contributed by atoms with Crippen molar-refractivity contribution in [1.82, 2.24) is 0 Å². The molecule has 134 valence electrons. The summed E-state index contributed by atoms with van der Waals surface area (Å²) in [6.07, 6.45) is 1.81. The van der Waals surface area contributed by atoms with Gasteiger partial charge in [0.25, 0.3) is 0 Å². The van der Waals surface area contributed by atoms with Crippen molar-refractivity contribution < 1.29 is 19.1 Å². The van der Waals surface area contributed by atoms with E-state index < -0.39 is 5.97 Å². The first-order chi connectivity index (χ1) is 12.5. The first kappa shape index (κ1) is 17.1. The summed E-state index contributed by atoms with van der Waals surface area (Å²) in [5, 5.41) is 2.85. The summed E-state index contributed by atoms with van der Waals surface area (Å²) >= 11 is 6.94. The van der Waals surface area contributed by atoms with E-state index in [2.05, 4.69) is 10.2 Å².